The highest BCUT2D eigenvalue weighted by atomic mass is 127. The lowest BCUT2D eigenvalue weighted by Gasteiger charge is -2.14. The molecular weight excluding hydrogens is 565 g/mol. The summed E-state index contributed by atoms with van der Waals surface area (Å²) in [7, 11) is 0. The van der Waals surface area contributed by atoms with Gasteiger partial charge >= 0.3 is 5.97 Å². The van der Waals surface area contributed by atoms with Gasteiger partial charge in [0.2, 0.25) is 0 Å². The fraction of sp³-hybridized carbons (Fsp3) is 0. The molecule has 31 heavy (non-hydrogen) atoms. The first-order chi connectivity index (χ1) is 14.9. The van der Waals surface area contributed by atoms with Crippen LogP contribution in [0, 0.1) is 3.57 Å². The molecule has 4 nitrogen and oxygen atoms in total. The molecule has 1 heterocycles. The van der Waals surface area contributed by atoms with E-state index in [1.54, 1.807) is 66.7 Å². The molecule has 0 N–H and O–H groups in total. The number of benzene rings is 3. The van der Waals surface area contributed by atoms with E-state index in [9.17, 15) is 9.59 Å². The Bertz CT molecular complexity index is 1230. The number of rotatable bonds is 4. The molecule has 1 amide bonds. The van der Waals surface area contributed by atoms with Crippen molar-refractivity contribution in [3.63, 3.8) is 0 Å². The van der Waals surface area contributed by atoms with Crippen LogP contribution in [0.5, 0.6) is 5.75 Å². The average Bonchev–Trinajstić information content (AvgIpc) is 3.02. The molecule has 0 aliphatic carbocycles. The smallest absolute Gasteiger partial charge is 0.344 e. The molecule has 3 aromatic rings. The molecule has 0 atom stereocenters. The van der Waals surface area contributed by atoms with Crippen LogP contribution in [0.15, 0.2) is 77.7 Å². The fourth-order valence-electron chi connectivity index (χ4n) is 2.88. The van der Waals surface area contributed by atoms with E-state index in [4.69, 9.17) is 28.6 Å². The second kappa shape index (κ2) is 9.52. The Hall–Kier alpha value is -2.20. The third-order valence-electron chi connectivity index (χ3n) is 4.34. The summed E-state index contributed by atoms with van der Waals surface area (Å²) in [5.41, 5.74) is 1.94. The van der Waals surface area contributed by atoms with Crippen molar-refractivity contribution in [2.75, 3.05) is 4.90 Å². The van der Waals surface area contributed by atoms with Crippen molar-refractivity contribution < 1.29 is 14.3 Å². The van der Waals surface area contributed by atoms with E-state index < -0.39 is 5.97 Å². The largest absolute Gasteiger partial charge is 0.423 e. The first kappa shape index (κ1) is 22.0. The zero-order valence-corrected chi connectivity index (χ0v) is 20.3. The van der Waals surface area contributed by atoms with Gasteiger partial charge in [0.05, 0.1) is 16.2 Å². The van der Waals surface area contributed by atoms with E-state index >= 15 is 0 Å². The van der Waals surface area contributed by atoms with Crippen LogP contribution in [0.2, 0.25) is 5.02 Å². The first-order valence-corrected chi connectivity index (χ1v) is 11.7. The van der Waals surface area contributed by atoms with Crippen molar-refractivity contribution in [3.8, 4) is 5.75 Å². The van der Waals surface area contributed by atoms with Crippen LogP contribution < -0.4 is 9.64 Å². The molecule has 0 bridgehead atoms. The van der Waals surface area contributed by atoms with E-state index in [1.165, 1.54) is 16.7 Å². The van der Waals surface area contributed by atoms with Gasteiger partial charge in [0.25, 0.3) is 5.91 Å². The Kier molecular flexibility index (Phi) is 6.76. The van der Waals surface area contributed by atoms with E-state index in [2.05, 4.69) is 22.6 Å². The molecule has 1 fully saturated rings. The molecule has 1 aliphatic heterocycles. The number of ether oxygens (including phenoxy) is 1. The van der Waals surface area contributed by atoms with E-state index in [-0.39, 0.29) is 5.91 Å². The first-order valence-electron chi connectivity index (χ1n) is 9.03. The highest BCUT2D eigenvalue weighted by Crippen LogP contribution is 2.36. The minimum absolute atomic E-state index is 0.202. The third kappa shape index (κ3) is 5.01. The minimum Gasteiger partial charge on any atom is -0.423 e. The van der Waals surface area contributed by atoms with Crippen LogP contribution in [-0.2, 0) is 4.79 Å². The molecule has 0 radical (unpaired) electrons. The summed E-state index contributed by atoms with van der Waals surface area (Å²) in [4.78, 5) is 27.2. The summed E-state index contributed by atoms with van der Waals surface area (Å²) < 4.78 is 6.72. The number of esters is 1. The maximum Gasteiger partial charge on any atom is 0.344 e. The summed E-state index contributed by atoms with van der Waals surface area (Å²) in [6.07, 6.45) is 1.76. The highest BCUT2D eigenvalue weighted by Gasteiger charge is 2.33. The van der Waals surface area contributed by atoms with Gasteiger partial charge in [-0.2, -0.15) is 0 Å². The lowest BCUT2D eigenvalue weighted by molar-refractivity contribution is -0.113. The van der Waals surface area contributed by atoms with Crippen molar-refractivity contribution in [2.24, 2.45) is 0 Å². The lowest BCUT2D eigenvalue weighted by Crippen LogP contribution is -2.27. The summed E-state index contributed by atoms with van der Waals surface area (Å²) in [5.74, 6) is -0.195. The quantitative estimate of drug-likeness (QED) is 0.115. The molecule has 0 aromatic heterocycles. The van der Waals surface area contributed by atoms with Crippen LogP contribution in [0.4, 0.5) is 5.69 Å². The summed E-state index contributed by atoms with van der Waals surface area (Å²) >= 11 is 14.8. The lowest BCUT2D eigenvalue weighted by atomic mass is 10.2. The Labute approximate surface area is 207 Å². The van der Waals surface area contributed by atoms with Gasteiger partial charge in [-0.05, 0) is 76.7 Å². The van der Waals surface area contributed by atoms with Crippen molar-refractivity contribution in [1.29, 1.82) is 0 Å². The Morgan fingerprint density at radius 1 is 1.06 bits per heavy atom. The summed E-state index contributed by atoms with van der Waals surface area (Å²) in [5, 5.41) is 0.533. The number of thioether (sulfide) groups is 1. The van der Waals surface area contributed by atoms with Crippen molar-refractivity contribution in [2.45, 2.75) is 0 Å². The Morgan fingerprint density at radius 2 is 1.81 bits per heavy atom. The number of halogens is 2. The monoisotopic (exact) mass is 577 g/mol. The number of hydrogen-bond acceptors (Lipinski definition) is 5. The predicted molar refractivity (Wildman–Crippen MR) is 138 cm³/mol. The Morgan fingerprint density at radius 3 is 2.52 bits per heavy atom. The number of carbonyl (C=O) groups is 2. The number of carbonyl (C=O) groups excluding carboxylic acids is 2. The molecule has 0 unspecified atom stereocenters. The molecule has 3 aromatic carbocycles. The van der Waals surface area contributed by atoms with Gasteiger partial charge in [0, 0.05) is 8.59 Å². The van der Waals surface area contributed by atoms with Gasteiger partial charge in [-0.1, -0.05) is 65.9 Å². The van der Waals surface area contributed by atoms with Crippen LogP contribution in [0.1, 0.15) is 15.9 Å². The standard InChI is InChI=1S/C23H13ClINO3S2/c24-15-4-3-5-16(13-15)26-21(27)20(31-23(26)30)12-14-8-10-17(11-9-14)29-22(28)18-6-1-2-7-19(18)25/h1-13H. The molecular formula is C23H13ClINO3S2. The van der Waals surface area contributed by atoms with Gasteiger partial charge in [0.1, 0.15) is 5.75 Å². The molecule has 0 spiro atoms. The maximum atomic E-state index is 12.9. The fourth-order valence-corrected chi connectivity index (χ4v) is 4.97. The van der Waals surface area contributed by atoms with Gasteiger partial charge in [-0.15, -0.1) is 0 Å². The molecule has 0 saturated carbocycles. The van der Waals surface area contributed by atoms with Crippen molar-refractivity contribution >= 4 is 86.1 Å². The van der Waals surface area contributed by atoms with Crippen LogP contribution in [0.25, 0.3) is 6.08 Å². The van der Waals surface area contributed by atoms with Gasteiger partial charge in [-0.25, -0.2) is 4.79 Å². The van der Waals surface area contributed by atoms with Gasteiger partial charge in [-0.3, -0.25) is 9.69 Å². The SMILES string of the molecule is O=C(Oc1ccc(C=C2SC(=S)N(c3cccc(Cl)c3)C2=O)cc1)c1ccccc1I. The predicted octanol–water partition coefficient (Wildman–Crippen LogP) is 6.57. The van der Waals surface area contributed by atoms with E-state index in [1.807, 2.05) is 12.1 Å². The van der Waals surface area contributed by atoms with Crippen LogP contribution >= 0.6 is 58.2 Å². The van der Waals surface area contributed by atoms with Crippen molar-refractivity contribution in [1.82, 2.24) is 0 Å². The van der Waals surface area contributed by atoms with Crippen LogP contribution in [-0.4, -0.2) is 16.2 Å². The number of hydrogen-bond donors (Lipinski definition) is 0. The molecule has 1 saturated heterocycles. The minimum atomic E-state index is -0.417. The number of anilines is 1. The Balaban J connectivity index is 1.49. The van der Waals surface area contributed by atoms with Gasteiger partial charge < -0.3 is 4.74 Å². The molecule has 4 rings (SSSR count). The number of nitrogens with zero attached hydrogens (tertiary/aromatic N) is 1. The van der Waals surface area contributed by atoms with Crippen LogP contribution in [0.3, 0.4) is 0 Å². The molecule has 1 aliphatic rings. The second-order valence-corrected chi connectivity index (χ2v) is 9.71. The second-order valence-electron chi connectivity index (χ2n) is 6.44. The highest BCUT2D eigenvalue weighted by molar-refractivity contribution is 14.1. The molecule has 154 valence electrons. The topological polar surface area (TPSA) is 46.6 Å². The zero-order valence-electron chi connectivity index (χ0n) is 15.7. The summed E-state index contributed by atoms with van der Waals surface area (Å²) in [6.45, 7) is 0. The van der Waals surface area contributed by atoms with E-state index in [0.29, 0.717) is 31.2 Å². The number of thiocarbonyl (C=S) groups is 1. The number of amides is 1. The van der Waals surface area contributed by atoms with E-state index in [0.717, 1.165) is 9.13 Å². The normalized spacial score (nSPS) is 14.9. The zero-order chi connectivity index (χ0) is 22.0. The van der Waals surface area contributed by atoms with Gasteiger partial charge in [0.15, 0.2) is 4.32 Å². The average molecular weight is 578 g/mol. The third-order valence-corrected chi connectivity index (χ3v) is 6.82. The summed E-state index contributed by atoms with van der Waals surface area (Å²) in [6, 6.07) is 21.2. The maximum absolute atomic E-state index is 12.9. The molecule has 8 heteroatoms. The van der Waals surface area contributed by atoms with Crippen molar-refractivity contribution in [3.05, 3.63) is 97.4 Å².